The Bertz CT molecular complexity index is 676. The molecule has 82 valence electrons. The van der Waals surface area contributed by atoms with Gasteiger partial charge in [0, 0.05) is 5.56 Å². The van der Waals surface area contributed by atoms with E-state index in [1.54, 1.807) is 18.2 Å². The number of nitrogens with zero attached hydrogens (tertiary/aromatic N) is 2. The molecule has 4 heteroatoms. The van der Waals surface area contributed by atoms with Crippen molar-refractivity contribution >= 4 is 27.5 Å². The van der Waals surface area contributed by atoms with Gasteiger partial charge in [0.1, 0.15) is 5.52 Å². The lowest BCUT2D eigenvalue weighted by Gasteiger charge is -2.00. The van der Waals surface area contributed by atoms with E-state index in [0.29, 0.717) is 16.6 Å². The van der Waals surface area contributed by atoms with Crippen molar-refractivity contribution in [3.8, 4) is 0 Å². The summed E-state index contributed by atoms with van der Waals surface area (Å²) in [4.78, 5) is 12.3. The van der Waals surface area contributed by atoms with E-state index < -0.39 is 0 Å². The molecule has 1 aromatic heterocycles. The summed E-state index contributed by atoms with van der Waals surface area (Å²) in [5.74, 6) is -0.0103. The van der Waals surface area contributed by atoms with Gasteiger partial charge >= 0.3 is 0 Å². The third-order valence-corrected chi connectivity index (χ3v) is 3.25. The van der Waals surface area contributed by atoms with Gasteiger partial charge in [0.25, 0.3) is 0 Å². The Kier molecular flexibility index (Phi) is 2.42. The first-order valence-corrected chi connectivity index (χ1v) is 5.94. The van der Waals surface area contributed by atoms with Crippen molar-refractivity contribution < 1.29 is 4.79 Å². The standard InChI is InChI=1S/C13H8N2OS/c16-13(9-5-2-1-3-6-9)10-7-4-8-11-12(10)14-15-17-11/h1-8H. The van der Waals surface area contributed by atoms with Crippen LogP contribution in [0.1, 0.15) is 15.9 Å². The van der Waals surface area contributed by atoms with Crippen LogP contribution in [0.4, 0.5) is 0 Å². The van der Waals surface area contributed by atoms with Crippen LogP contribution in [0.15, 0.2) is 48.5 Å². The fourth-order valence-corrected chi connectivity index (χ4v) is 2.32. The van der Waals surface area contributed by atoms with E-state index in [9.17, 15) is 4.79 Å². The summed E-state index contributed by atoms with van der Waals surface area (Å²) < 4.78 is 4.81. The summed E-state index contributed by atoms with van der Waals surface area (Å²) in [6.07, 6.45) is 0. The normalized spacial score (nSPS) is 10.6. The molecule has 0 amide bonds. The minimum atomic E-state index is -0.0103. The van der Waals surface area contributed by atoms with E-state index in [-0.39, 0.29) is 5.78 Å². The van der Waals surface area contributed by atoms with Gasteiger partial charge in [-0.25, -0.2) is 0 Å². The molecule has 17 heavy (non-hydrogen) atoms. The number of aromatic nitrogens is 2. The number of carbonyl (C=O) groups is 1. The molecule has 0 N–H and O–H groups in total. The van der Waals surface area contributed by atoms with Crippen LogP contribution in [0.3, 0.4) is 0 Å². The number of benzene rings is 2. The van der Waals surface area contributed by atoms with Gasteiger partial charge in [-0.05, 0) is 23.7 Å². The largest absolute Gasteiger partial charge is 0.289 e. The molecule has 0 aliphatic carbocycles. The summed E-state index contributed by atoms with van der Waals surface area (Å²) in [5.41, 5.74) is 1.97. The van der Waals surface area contributed by atoms with E-state index in [4.69, 9.17) is 0 Å². The number of fused-ring (bicyclic) bond motifs is 1. The van der Waals surface area contributed by atoms with Crippen LogP contribution in [-0.4, -0.2) is 15.4 Å². The monoisotopic (exact) mass is 240 g/mol. The number of hydrogen-bond donors (Lipinski definition) is 0. The summed E-state index contributed by atoms with van der Waals surface area (Å²) in [6.45, 7) is 0. The van der Waals surface area contributed by atoms with Crippen molar-refractivity contribution in [1.29, 1.82) is 0 Å². The van der Waals surface area contributed by atoms with Gasteiger partial charge in [-0.3, -0.25) is 4.79 Å². The predicted octanol–water partition coefficient (Wildman–Crippen LogP) is 2.92. The molecule has 0 bridgehead atoms. The quantitative estimate of drug-likeness (QED) is 0.647. The van der Waals surface area contributed by atoms with E-state index in [2.05, 4.69) is 9.59 Å². The van der Waals surface area contributed by atoms with Gasteiger partial charge in [-0.1, -0.05) is 40.9 Å². The first kappa shape index (κ1) is 10.1. The Morgan fingerprint density at radius 1 is 1.00 bits per heavy atom. The van der Waals surface area contributed by atoms with E-state index in [1.807, 2.05) is 30.3 Å². The number of hydrogen-bond acceptors (Lipinski definition) is 4. The van der Waals surface area contributed by atoms with Crippen LogP contribution in [0.5, 0.6) is 0 Å². The molecule has 0 saturated heterocycles. The van der Waals surface area contributed by atoms with Crippen molar-refractivity contribution in [2.24, 2.45) is 0 Å². The molecule has 0 spiro atoms. The smallest absolute Gasteiger partial charge is 0.195 e. The highest BCUT2D eigenvalue weighted by Gasteiger charge is 2.13. The zero-order valence-corrected chi connectivity index (χ0v) is 9.65. The molecule has 3 nitrogen and oxygen atoms in total. The van der Waals surface area contributed by atoms with Gasteiger partial charge in [0.2, 0.25) is 0 Å². The molecular formula is C13H8N2OS. The molecule has 0 aliphatic heterocycles. The minimum absolute atomic E-state index is 0.0103. The lowest BCUT2D eigenvalue weighted by molar-refractivity contribution is 0.104. The first-order chi connectivity index (χ1) is 8.36. The second kappa shape index (κ2) is 4.07. The van der Waals surface area contributed by atoms with Crippen LogP contribution in [0, 0.1) is 0 Å². The maximum Gasteiger partial charge on any atom is 0.195 e. The fraction of sp³-hybridized carbons (Fsp3) is 0. The van der Waals surface area contributed by atoms with Crippen LogP contribution in [0.25, 0.3) is 10.2 Å². The van der Waals surface area contributed by atoms with Gasteiger partial charge in [-0.2, -0.15) is 0 Å². The molecule has 3 rings (SSSR count). The van der Waals surface area contributed by atoms with Gasteiger partial charge < -0.3 is 0 Å². The Labute approximate surface area is 102 Å². The Morgan fingerprint density at radius 2 is 1.82 bits per heavy atom. The highest BCUT2D eigenvalue weighted by molar-refractivity contribution is 7.13. The summed E-state index contributed by atoms with van der Waals surface area (Å²) in [7, 11) is 0. The van der Waals surface area contributed by atoms with E-state index in [1.165, 1.54) is 11.5 Å². The van der Waals surface area contributed by atoms with Crippen molar-refractivity contribution in [1.82, 2.24) is 9.59 Å². The average Bonchev–Trinajstić information content (AvgIpc) is 2.87. The average molecular weight is 240 g/mol. The van der Waals surface area contributed by atoms with Crippen molar-refractivity contribution in [3.63, 3.8) is 0 Å². The summed E-state index contributed by atoms with van der Waals surface area (Å²) in [5, 5.41) is 4.01. The van der Waals surface area contributed by atoms with Crippen molar-refractivity contribution in [2.45, 2.75) is 0 Å². The fourth-order valence-electron chi connectivity index (χ4n) is 1.73. The second-order valence-corrected chi connectivity index (χ2v) is 4.41. The van der Waals surface area contributed by atoms with Crippen LogP contribution in [0.2, 0.25) is 0 Å². The Morgan fingerprint density at radius 3 is 2.65 bits per heavy atom. The molecule has 0 radical (unpaired) electrons. The van der Waals surface area contributed by atoms with Crippen LogP contribution in [-0.2, 0) is 0 Å². The number of carbonyl (C=O) groups excluding carboxylic acids is 1. The molecular weight excluding hydrogens is 232 g/mol. The second-order valence-electron chi connectivity index (χ2n) is 3.62. The lowest BCUT2D eigenvalue weighted by atomic mass is 10.0. The molecule has 0 fully saturated rings. The van der Waals surface area contributed by atoms with Crippen molar-refractivity contribution in [3.05, 3.63) is 59.7 Å². The maximum absolute atomic E-state index is 12.3. The van der Waals surface area contributed by atoms with Gasteiger partial charge in [0.05, 0.1) is 10.3 Å². The predicted molar refractivity (Wildman–Crippen MR) is 67.3 cm³/mol. The van der Waals surface area contributed by atoms with Gasteiger partial charge in [0.15, 0.2) is 5.78 Å². The molecule has 1 heterocycles. The molecule has 3 aromatic rings. The number of rotatable bonds is 2. The van der Waals surface area contributed by atoms with E-state index in [0.717, 1.165) is 4.70 Å². The number of ketones is 1. The summed E-state index contributed by atoms with van der Waals surface area (Å²) >= 11 is 1.30. The molecule has 0 saturated carbocycles. The SMILES string of the molecule is O=C(c1ccccc1)c1cccc2snnc12. The molecule has 0 unspecified atom stereocenters. The van der Waals surface area contributed by atoms with Gasteiger partial charge in [-0.15, -0.1) is 5.10 Å². The molecule has 2 aromatic carbocycles. The Hall–Kier alpha value is -2.07. The van der Waals surface area contributed by atoms with Crippen molar-refractivity contribution in [2.75, 3.05) is 0 Å². The topological polar surface area (TPSA) is 42.9 Å². The molecule has 0 atom stereocenters. The Balaban J connectivity index is 2.16. The van der Waals surface area contributed by atoms with Crippen LogP contribution < -0.4 is 0 Å². The molecule has 0 aliphatic rings. The zero-order valence-electron chi connectivity index (χ0n) is 8.83. The van der Waals surface area contributed by atoms with E-state index >= 15 is 0 Å². The third-order valence-electron chi connectivity index (χ3n) is 2.56. The highest BCUT2D eigenvalue weighted by Crippen LogP contribution is 2.21. The van der Waals surface area contributed by atoms with Crippen LogP contribution >= 0.6 is 11.5 Å². The highest BCUT2D eigenvalue weighted by atomic mass is 32.1. The minimum Gasteiger partial charge on any atom is -0.289 e. The zero-order chi connectivity index (χ0) is 11.7. The maximum atomic E-state index is 12.3. The first-order valence-electron chi connectivity index (χ1n) is 5.17. The lowest BCUT2D eigenvalue weighted by Crippen LogP contribution is -2.01. The summed E-state index contributed by atoms with van der Waals surface area (Å²) in [6, 6.07) is 14.8. The third kappa shape index (κ3) is 1.72.